The summed E-state index contributed by atoms with van der Waals surface area (Å²) in [6.07, 6.45) is 6.35. The van der Waals surface area contributed by atoms with E-state index in [9.17, 15) is 4.79 Å². The Balaban J connectivity index is 2.22. The molecule has 0 aliphatic heterocycles. The highest BCUT2D eigenvalue weighted by Crippen LogP contribution is 2.45. The Morgan fingerprint density at radius 2 is 2.40 bits per heavy atom. The Hall–Kier alpha value is -0.830. The second-order valence-corrected chi connectivity index (χ2v) is 5.26. The summed E-state index contributed by atoms with van der Waals surface area (Å²) in [5.41, 5.74) is 6.62. The number of allylic oxidation sites excluding steroid dienone is 1. The fourth-order valence-electron chi connectivity index (χ4n) is 3.10. The molecule has 1 fully saturated rings. The standard InChI is InChI=1S/C12H20N2O/c1-12(11(13)15)6-8-3-4-10(14-2)9(5-8)7-12/h3,9-10,14H,4-7H2,1-2H3,(H2,13,15). The summed E-state index contributed by atoms with van der Waals surface area (Å²) in [6, 6.07) is 0.521. The van der Waals surface area contributed by atoms with Gasteiger partial charge in [-0.1, -0.05) is 18.6 Å². The van der Waals surface area contributed by atoms with Gasteiger partial charge in [-0.15, -0.1) is 0 Å². The van der Waals surface area contributed by atoms with E-state index in [2.05, 4.69) is 11.4 Å². The van der Waals surface area contributed by atoms with E-state index in [1.807, 2.05) is 14.0 Å². The number of hydrogen-bond acceptors (Lipinski definition) is 2. The Morgan fingerprint density at radius 3 is 3.00 bits per heavy atom. The van der Waals surface area contributed by atoms with Gasteiger partial charge in [-0.25, -0.2) is 0 Å². The first-order chi connectivity index (χ1) is 7.05. The summed E-state index contributed by atoms with van der Waals surface area (Å²) in [6.45, 7) is 2.01. The summed E-state index contributed by atoms with van der Waals surface area (Å²) in [7, 11) is 2.00. The third-order valence-corrected chi connectivity index (χ3v) is 4.05. The van der Waals surface area contributed by atoms with Crippen molar-refractivity contribution in [1.29, 1.82) is 0 Å². The average molecular weight is 208 g/mol. The Morgan fingerprint density at radius 1 is 1.67 bits per heavy atom. The molecule has 3 atom stereocenters. The molecule has 3 nitrogen and oxygen atoms in total. The SMILES string of the molecule is CNC1CC=C2CC1CC(C)(C(N)=O)C2. The molecular formula is C12H20N2O. The second-order valence-electron chi connectivity index (χ2n) is 5.26. The number of rotatable bonds is 2. The highest BCUT2D eigenvalue weighted by Gasteiger charge is 2.42. The van der Waals surface area contributed by atoms with Gasteiger partial charge in [0.15, 0.2) is 0 Å². The number of primary amides is 1. The van der Waals surface area contributed by atoms with Gasteiger partial charge in [-0.2, -0.15) is 0 Å². The van der Waals surface area contributed by atoms with Gasteiger partial charge in [0.25, 0.3) is 0 Å². The van der Waals surface area contributed by atoms with Crippen molar-refractivity contribution in [1.82, 2.24) is 5.32 Å². The van der Waals surface area contributed by atoms with Crippen LogP contribution in [0.2, 0.25) is 0 Å². The van der Waals surface area contributed by atoms with Crippen LogP contribution in [0.1, 0.15) is 32.6 Å². The first kappa shape index (κ1) is 10.7. The zero-order valence-corrected chi connectivity index (χ0v) is 9.55. The molecule has 0 spiro atoms. The van der Waals surface area contributed by atoms with Gasteiger partial charge in [0.1, 0.15) is 0 Å². The predicted molar refractivity (Wildman–Crippen MR) is 60.2 cm³/mol. The van der Waals surface area contributed by atoms with Crippen LogP contribution in [-0.4, -0.2) is 19.0 Å². The van der Waals surface area contributed by atoms with Crippen LogP contribution in [0.25, 0.3) is 0 Å². The molecule has 0 aromatic carbocycles. The molecule has 0 radical (unpaired) electrons. The molecule has 1 saturated carbocycles. The van der Waals surface area contributed by atoms with Crippen molar-refractivity contribution in [3.63, 3.8) is 0 Å². The molecule has 1 amide bonds. The van der Waals surface area contributed by atoms with E-state index in [0.29, 0.717) is 12.0 Å². The maximum absolute atomic E-state index is 11.5. The van der Waals surface area contributed by atoms with Crippen LogP contribution in [0, 0.1) is 11.3 Å². The van der Waals surface area contributed by atoms with Crippen molar-refractivity contribution < 1.29 is 4.79 Å². The Labute approximate surface area is 91.1 Å². The minimum absolute atomic E-state index is 0.144. The Kier molecular flexibility index (Phi) is 2.59. The minimum Gasteiger partial charge on any atom is -0.369 e. The minimum atomic E-state index is -0.315. The van der Waals surface area contributed by atoms with E-state index in [1.54, 1.807) is 0 Å². The van der Waals surface area contributed by atoms with E-state index >= 15 is 0 Å². The van der Waals surface area contributed by atoms with Gasteiger partial charge >= 0.3 is 0 Å². The van der Waals surface area contributed by atoms with Crippen LogP contribution in [-0.2, 0) is 4.79 Å². The van der Waals surface area contributed by atoms with Gasteiger partial charge in [-0.05, 0) is 38.6 Å². The van der Waals surface area contributed by atoms with E-state index in [4.69, 9.17) is 5.73 Å². The van der Waals surface area contributed by atoms with Crippen LogP contribution in [0.3, 0.4) is 0 Å². The van der Waals surface area contributed by atoms with Crippen molar-refractivity contribution in [3.05, 3.63) is 11.6 Å². The van der Waals surface area contributed by atoms with E-state index in [0.717, 1.165) is 25.7 Å². The maximum Gasteiger partial charge on any atom is 0.223 e. The zero-order chi connectivity index (χ0) is 11.1. The molecule has 3 unspecified atom stereocenters. The summed E-state index contributed by atoms with van der Waals surface area (Å²) in [5, 5.41) is 3.34. The molecule has 0 heterocycles. The molecule has 0 aromatic rings. The zero-order valence-electron chi connectivity index (χ0n) is 9.55. The van der Waals surface area contributed by atoms with Crippen molar-refractivity contribution in [2.24, 2.45) is 17.1 Å². The van der Waals surface area contributed by atoms with Gasteiger partial charge in [-0.3, -0.25) is 4.79 Å². The molecule has 2 rings (SSSR count). The average Bonchev–Trinajstić information content (AvgIpc) is 2.17. The van der Waals surface area contributed by atoms with E-state index < -0.39 is 0 Å². The number of amides is 1. The van der Waals surface area contributed by atoms with Crippen LogP contribution < -0.4 is 11.1 Å². The van der Waals surface area contributed by atoms with E-state index in [1.165, 1.54) is 5.57 Å². The lowest BCUT2D eigenvalue weighted by Gasteiger charge is -2.43. The molecular weight excluding hydrogens is 188 g/mol. The number of nitrogens with two attached hydrogens (primary N) is 1. The van der Waals surface area contributed by atoms with Gasteiger partial charge < -0.3 is 11.1 Å². The fourth-order valence-corrected chi connectivity index (χ4v) is 3.10. The molecule has 3 N–H and O–H groups in total. The molecule has 0 saturated heterocycles. The molecule has 84 valence electrons. The first-order valence-corrected chi connectivity index (χ1v) is 5.70. The summed E-state index contributed by atoms with van der Waals surface area (Å²) in [4.78, 5) is 11.5. The lowest BCUT2D eigenvalue weighted by molar-refractivity contribution is -0.128. The fraction of sp³-hybridized carbons (Fsp3) is 0.750. The lowest BCUT2D eigenvalue weighted by atomic mass is 9.63. The number of hydrogen-bond donors (Lipinski definition) is 2. The van der Waals surface area contributed by atoms with Crippen LogP contribution >= 0.6 is 0 Å². The quantitative estimate of drug-likeness (QED) is 0.670. The maximum atomic E-state index is 11.5. The van der Waals surface area contributed by atoms with Crippen LogP contribution in [0.15, 0.2) is 11.6 Å². The predicted octanol–water partition coefficient (Wildman–Crippen LogP) is 1.20. The lowest BCUT2D eigenvalue weighted by Crippen LogP contribution is -2.46. The van der Waals surface area contributed by atoms with Crippen molar-refractivity contribution in [2.45, 2.75) is 38.6 Å². The van der Waals surface area contributed by atoms with Crippen molar-refractivity contribution in [3.8, 4) is 0 Å². The third-order valence-electron chi connectivity index (χ3n) is 4.05. The highest BCUT2D eigenvalue weighted by molar-refractivity contribution is 5.81. The van der Waals surface area contributed by atoms with Crippen LogP contribution in [0.4, 0.5) is 0 Å². The number of carbonyl (C=O) groups excluding carboxylic acids is 1. The summed E-state index contributed by atoms with van der Waals surface area (Å²) < 4.78 is 0. The number of carbonyl (C=O) groups is 1. The third kappa shape index (κ3) is 1.81. The van der Waals surface area contributed by atoms with Crippen molar-refractivity contribution in [2.75, 3.05) is 7.05 Å². The topological polar surface area (TPSA) is 55.1 Å². The molecule has 2 aliphatic carbocycles. The molecule has 0 aromatic heterocycles. The normalized spacial score (nSPS) is 39.7. The summed E-state index contributed by atoms with van der Waals surface area (Å²) in [5.74, 6) is 0.441. The molecule has 3 heteroatoms. The van der Waals surface area contributed by atoms with E-state index in [-0.39, 0.29) is 11.3 Å². The van der Waals surface area contributed by atoms with Crippen molar-refractivity contribution >= 4 is 5.91 Å². The van der Waals surface area contributed by atoms with Gasteiger partial charge in [0, 0.05) is 6.04 Å². The Bertz CT molecular complexity index is 311. The smallest absolute Gasteiger partial charge is 0.223 e. The largest absolute Gasteiger partial charge is 0.369 e. The second kappa shape index (κ2) is 3.63. The number of nitrogens with one attached hydrogen (secondary N) is 1. The monoisotopic (exact) mass is 208 g/mol. The van der Waals surface area contributed by atoms with Gasteiger partial charge in [0.2, 0.25) is 5.91 Å². The number of fused-ring (bicyclic) bond motifs is 2. The molecule has 2 aliphatic rings. The molecule has 2 bridgehead atoms. The van der Waals surface area contributed by atoms with Crippen LogP contribution in [0.5, 0.6) is 0 Å². The molecule has 15 heavy (non-hydrogen) atoms. The summed E-state index contributed by atoms with van der Waals surface area (Å²) >= 11 is 0. The first-order valence-electron chi connectivity index (χ1n) is 5.70. The van der Waals surface area contributed by atoms with Gasteiger partial charge in [0.05, 0.1) is 5.41 Å². The highest BCUT2D eigenvalue weighted by atomic mass is 16.1.